The molecular weight excluding hydrogens is 297 g/mol. The van der Waals surface area contributed by atoms with Crippen LogP contribution >= 0.6 is 0 Å². The van der Waals surface area contributed by atoms with Crippen molar-refractivity contribution in [3.05, 3.63) is 41.2 Å². The van der Waals surface area contributed by atoms with Crippen LogP contribution in [0.4, 0.5) is 4.39 Å². The molecule has 0 saturated carbocycles. The van der Waals surface area contributed by atoms with Crippen LogP contribution in [0.1, 0.15) is 29.8 Å². The Morgan fingerprint density at radius 2 is 2.00 bits per heavy atom. The standard InChI is InChI=1S/C14H18FNO4S/c1-5-16(8-9(2)3)21(19,20)11-6-10(4)13(15)12(7-11)14(17)18/h6-7H,2,5,8H2,1,3-4H3,(H,17,18). The van der Waals surface area contributed by atoms with Gasteiger partial charge in [0.25, 0.3) is 0 Å². The Kier molecular flexibility index (Phi) is 5.25. The van der Waals surface area contributed by atoms with E-state index in [1.165, 1.54) is 6.92 Å². The van der Waals surface area contributed by atoms with Gasteiger partial charge in [0.1, 0.15) is 5.82 Å². The van der Waals surface area contributed by atoms with Gasteiger partial charge in [0.15, 0.2) is 0 Å². The van der Waals surface area contributed by atoms with Crippen molar-refractivity contribution in [1.82, 2.24) is 4.31 Å². The van der Waals surface area contributed by atoms with Gasteiger partial charge in [-0.3, -0.25) is 0 Å². The zero-order valence-electron chi connectivity index (χ0n) is 12.2. The van der Waals surface area contributed by atoms with Gasteiger partial charge in [-0.1, -0.05) is 19.1 Å². The van der Waals surface area contributed by atoms with Gasteiger partial charge in [-0.15, -0.1) is 0 Å². The molecule has 0 aromatic heterocycles. The number of carboxylic acids is 1. The first-order valence-electron chi connectivity index (χ1n) is 6.29. The van der Waals surface area contributed by atoms with Crippen molar-refractivity contribution in [2.75, 3.05) is 13.1 Å². The summed E-state index contributed by atoms with van der Waals surface area (Å²) in [4.78, 5) is 10.8. The lowest BCUT2D eigenvalue weighted by Crippen LogP contribution is -2.32. The second kappa shape index (κ2) is 6.36. The number of aryl methyl sites for hydroxylation is 1. The quantitative estimate of drug-likeness (QED) is 0.818. The van der Waals surface area contributed by atoms with E-state index in [1.54, 1.807) is 13.8 Å². The van der Waals surface area contributed by atoms with E-state index >= 15 is 0 Å². The molecule has 0 saturated heterocycles. The van der Waals surface area contributed by atoms with Crippen molar-refractivity contribution in [1.29, 1.82) is 0 Å². The average Bonchev–Trinajstić information content (AvgIpc) is 2.37. The second-order valence-electron chi connectivity index (χ2n) is 4.80. The fourth-order valence-electron chi connectivity index (χ4n) is 1.86. The topological polar surface area (TPSA) is 74.7 Å². The molecule has 0 spiro atoms. The number of halogens is 1. The monoisotopic (exact) mass is 315 g/mol. The third kappa shape index (κ3) is 3.68. The molecule has 1 N–H and O–H groups in total. The molecule has 21 heavy (non-hydrogen) atoms. The third-order valence-corrected chi connectivity index (χ3v) is 4.79. The van der Waals surface area contributed by atoms with Crippen LogP contribution < -0.4 is 0 Å². The van der Waals surface area contributed by atoms with Crippen molar-refractivity contribution in [2.45, 2.75) is 25.7 Å². The summed E-state index contributed by atoms with van der Waals surface area (Å²) in [5.74, 6) is -2.43. The molecule has 1 rings (SSSR count). The SMILES string of the molecule is C=C(C)CN(CC)S(=O)(=O)c1cc(C)c(F)c(C(=O)O)c1. The Morgan fingerprint density at radius 1 is 1.43 bits per heavy atom. The summed E-state index contributed by atoms with van der Waals surface area (Å²) in [5.41, 5.74) is -0.0301. The van der Waals surface area contributed by atoms with Crippen molar-refractivity contribution < 1.29 is 22.7 Å². The van der Waals surface area contributed by atoms with Gasteiger partial charge in [0, 0.05) is 13.1 Å². The fraction of sp³-hybridized carbons (Fsp3) is 0.357. The van der Waals surface area contributed by atoms with Crippen molar-refractivity contribution in [2.24, 2.45) is 0 Å². The average molecular weight is 315 g/mol. The summed E-state index contributed by atoms with van der Waals surface area (Å²) in [6.45, 7) is 8.67. The van der Waals surface area contributed by atoms with Gasteiger partial charge >= 0.3 is 5.97 Å². The number of carboxylic acid groups (broad SMARTS) is 1. The lowest BCUT2D eigenvalue weighted by molar-refractivity contribution is 0.0691. The number of nitrogens with zero attached hydrogens (tertiary/aromatic N) is 1. The first-order chi connectivity index (χ1) is 9.61. The van der Waals surface area contributed by atoms with E-state index in [0.717, 1.165) is 16.4 Å². The van der Waals surface area contributed by atoms with E-state index in [-0.39, 0.29) is 23.5 Å². The molecule has 0 amide bonds. The molecule has 116 valence electrons. The highest BCUT2D eigenvalue weighted by molar-refractivity contribution is 7.89. The van der Waals surface area contributed by atoms with E-state index in [4.69, 9.17) is 5.11 Å². The molecule has 0 heterocycles. The van der Waals surface area contributed by atoms with E-state index in [0.29, 0.717) is 5.57 Å². The minimum atomic E-state index is -3.90. The molecular formula is C14H18FNO4S. The summed E-state index contributed by atoms with van der Waals surface area (Å²) in [7, 11) is -3.90. The van der Waals surface area contributed by atoms with Crippen LogP contribution in [0.3, 0.4) is 0 Å². The Morgan fingerprint density at radius 3 is 2.43 bits per heavy atom. The maximum atomic E-state index is 13.7. The number of benzene rings is 1. The number of hydrogen-bond acceptors (Lipinski definition) is 3. The fourth-order valence-corrected chi connectivity index (χ4v) is 3.48. The Balaban J connectivity index is 3.44. The first-order valence-corrected chi connectivity index (χ1v) is 7.73. The highest BCUT2D eigenvalue weighted by Gasteiger charge is 2.26. The van der Waals surface area contributed by atoms with Crippen LogP contribution in [0.2, 0.25) is 0 Å². The predicted octanol–water partition coefficient (Wildman–Crippen LogP) is 2.42. The van der Waals surface area contributed by atoms with Crippen LogP contribution in [-0.2, 0) is 10.0 Å². The summed E-state index contributed by atoms with van der Waals surface area (Å²) in [5, 5.41) is 8.96. The summed E-state index contributed by atoms with van der Waals surface area (Å²) >= 11 is 0. The maximum absolute atomic E-state index is 13.7. The lowest BCUT2D eigenvalue weighted by atomic mass is 10.1. The minimum absolute atomic E-state index is 0.0279. The van der Waals surface area contributed by atoms with Crippen LogP contribution in [0.25, 0.3) is 0 Å². The number of rotatable bonds is 6. The Bertz CT molecular complexity index is 682. The van der Waals surface area contributed by atoms with E-state index in [9.17, 15) is 17.6 Å². The minimum Gasteiger partial charge on any atom is -0.478 e. The molecule has 7 heteroatoms. The number of carbonyl (C=O) groups is 1. The van der Waals surface area contributed by atoms with E-state index < -0.39 is 27.4 Å². The molecule has 0 aliphatic rings. The first kappa shape index (κ1) is 17.3. The molecule has 0 unspecified atom stereocenters. The van der Waals surface area contributed by atoms with Gasteiger partial charge in [0.05, 0.1) is 10.5 Å². The lowest BCUT2D eigenvalue weighted by Gasteiger charge is -2.21. The van der Waals surface area contributed by atoms with Gasteiger partial charge in [-0.05, 0) is 31.5 Å². The van der Waals surface area contributed by atoms with Crippen LogP contribution in [0.5, 0.6) is 0 Å². The normalized spacial score (nSPS) is 11.7. The largest absolute Gasteiger partial charge is 0.478 e. The molecule has 0 radical (unpaired) electrons. The second-order valence-corrected chi connectivity index (χ2v) is 6.73. The molecule has 0 atom stereocenters. The highest BCUT2D eigenvalue weighted by Crippen LogP contribution is 2.22. The number of sulfonamides is 1. The molecule has 0 aliphatic heterocycles. The van der Waals surface area contributed by atoms with Crippen LogP contribution in [0.15, 0.2) is 29.2 Å². The predicted molar refractivity (Wildman–Crippen MR) is 77.3 cm³/mol. The van der Waals surface area contributed by atoms with E-state index in [2.05, 4.69) is 6.58 Å². The van der Waals surface area contributed by atoms with Gasteiger partial charge in [0.2, 0.25) is 10.0 Å². The van der Waals surface area contributed by atoms with Crippen LogP contribution in [-0.4, -0.2) is 36.9 Å². The van der Waals surface area contributed by atoms with E-state index in [1.807, 2.05) is 0 Å². The smallest absolute Gasteiger partial charge is 0.338 e. The molecule has 0 bridgehead atoms. The Labute approximate surface area is 123 Å². The van der Waals surface area contributed by atoms with Gasteiger partial charge in [-0.25, -0.2) is 17.6 Å². The number of hydrogen-bond donors (Lipinski definition) is 1. The van der Waals surface area contributed by atoms with Gasteiger partial charge in [-0.2, -0.15) is 4.31 Å². The van der Waals surface area contributed by atoms with Gasteiger partial charge < -0.3 is 5.11 Å². The molecule has 1 aromatic rings. The van der Waals surface area contributed by atoms with Crippen LogP contribution in [0, 0.1) is 12.7 Å². The molecule has 1 aromatic carbocycles. The van der Waals surface area contributed by atoms with Crippen molar-refractivity contribution in [3.63, 3.8) is 0 Å². The summed E-state index contributed by atoms with van der Waals surface area (Å²) in [6.07, 6.45) is 0. The van der Waals surface area contributed by atoms with Crippen molar-refractivity contribution in [3.8, 4) is 0 Å². The molecule has 0 fully saturated rings. The Hall–Kier alpha value is -1.73. The zero-order chi connectivity index (χ0) is 16.4. The molecule has 0 aliphatic carbocycles. The summed E-state index contributed by atoms with van der Waals surface area (Å²) in [6, 6.07) is 1.99. The maximum Gasteiger partial charge on any atom is 0.338 e. The summed E-state index contributed by atoms with van der Waals surface area (Å²) < 4.78 is 39.9. The number of likely N-dealkylation sites (N-methyl/N-ethyl adjacent to an activating group) is 1. The molecule has 5 nitrogen and oxygen atoms in total. The highest BCUT2D eigenvalue weighted by atomic mass is 32.2. The number of aromatic carboxylic acids is 1. The third-order valence-electron chi connectivity index (χ3n) is 2.90. The van der Waals surface area contributed by atoms with Crippen molar-refractivity contribution >= 4 is 16.0 Å². The zero-order valence-corrected chi connectivity index (χ0v) is 13.0.